The molecule has 0 unspecified atom stereocenters. The Bertz CT molecular complexity index is 1780. The third-order valence-electron chi connectivity index (χ3n) is 8.09. The zero-order chi connectivity index (χ0) is 43.7. The summed E-state index contributed by atoms with van der Waals surface area (Å²) in [5.74, 6) is -9.17. The number of hydrogen-bond acceptors (Lipinski definition) is 9. The minimum Gasteiger partial charge on any atom is -0.872 e. The molecule has 0 saturated carbocycles. The van der Waals surface area contributed by atoms with Gasteiger partial charge in [0, 0.05) is 19.3 Å². The van der Waals surface area contributed by atoms with E-state index in [-0.39, 0.29) is 159 Å². The maximum absolute atomic E-state index is 11.2. The van der Waals surface area contributed by atoms with E-state index in [0.29, 0.717) is 16.7 Å². The molecule has 3 rings (SSSR count). The summed E-state index contributed by atoms with van der Waals surface area (Å²) in [6.07, 6.45) is -0.0553. The minimum atomic E-state index is -1.25. The van der Waals surface area contributed by atoms with E-state index < -0.39 is 53.6 Å². The summed E-state index contributed by atoms with van der Waals surface area (Å²) in [4.78, 5) is 67.2. The molecule has 0 bridgehead atoms. The summed E-state index contributed by atoms with van der Waals surface area (Å²) in [7, 11) is 0. The molecule has 6 N–H and O–H groups in total. The summed E-state index contributed by atoms with van der Waals surface area (Å²) in [5.41, 5.74) is 0.990. The minimum absolute atomic E-state index is 0. The molecule has 0 aliphatic carbocycles. The molecule has 0 saturated heterocycles. The van der Waals surface area contributed by atoms with Gasteiger partial charge in [0.05, 0.1) is 33.4 Å². The van der Waals surface area contributed by atoms with Crippen LogP contribution in [0.1, 0.15) is 58.2 Å². The molecule has 60 heavy (non-hydrogen) atoms. The van der Waals surface area contributed by atoms with Crippen LogP contribution in [0.25, 0.3) is 0 Å². The molecule has 3 aromatic rings. The van der Waals surface area contributed by atoms with Crippen LogP contribution in [0, 0.1) is 17.8 Å². The third-order valence-corrected chi connectivity index (χ3v) is 8.09. The van der Waals surface area contributed by atoms with Crippen molar-refractivity contribution in [1.29, 1.82) is 0 Å². The zero-order valence-electron chi connectivity index (χ0n) is 35.1. The van der Waals surface area contributed by atoms with Crippen molar-refractivity contribution in [3.63, 3.8) is 0 Å². The van der Waals surface area contributed by atoms with Gasteiger partial charge in [0.2, 0.25) is 0 Å². The van der Waals surface area contributed by atoms with Gasteiger partial charge < -0.3 is 46.0 Å². The second-order valence-corrected chi connectivity index (χ2v) is 13.4. The molecule has 0 spiro atoms. The van der Waals surface area contributed by atoms with Gasteiger partial charge in [0.1, 0.15) is 0 Å². The first-order valence-corrected chi connectivity index (χ1v) is 17.3. The van der Waals surface area contributed by atoms with Gasteiger partial charge >= 0.3 is 124 Å². The number of carbonyl (C=O) groups is 6. The Hall–Kier alpha value is -3.90. The monoisotopic (exact) mass is 858 g/mol. The number of carboxylic acid groups (broad SMARTS) is 6. The van der Waals surface area contributed by atoms with Gasteiger partial charge in [0.15, 0.2) is 0 Å². The van der Waals surface area contributed by atoms with Crippen LogP contribution >= 0.6 is 0 Å². The van der Waals surface area contributed by atoms with E-state index in [9.17, 15) is 59.4 Å². The molecule has 15 nitrogen and oxygen atoms in total. The molecule has 0 aliphatic heterocycles. The smallest absolute Gasteiger partial charge is 0.872 e. The summed E-state index contributed by atoms with van der Waals surface area (Å²) in [6, 6.07) is 17.0. The Morgan fingerprint density at radius 2 is 0.533 bits per heavy atom. The Kier molecular flexibility index (Phi) is 29.6. The average Bonchev–Trinajstić information content (AvgIpc) is 3.09. The molecule has 306 valence electrons. The van der Waals surface area contributed by atoms with Crippen LogP contribution in [0.3, 0.4) is 0 Å². The topological polar surface area (TPSA) is 293 Å². The van der Waals surface area contributed by atoms with E-state index in [2.05, 4.69) is 0 Å². The molecule has 0 aromatic heterocycles. The molecule has 3 aromatic carbocycles. The first-order valence-electron chi connectivity index (χ1n) is 17.3. The van der Waals surface area contributed by atoms with Crippen molar-refractivity contribution in [3.8, 4) is 17.2 Å². The van der Waals surface area contributed by atoms with E-state index in [1.165, 1.54) is 72.8 Å². The molecular formula is C42H45Na3O15. The van der Waals surface area contributed by atoms with Crippen LogP contribution in [0.4, 0.5) is 0 Å². The van der Waals surface area contributed by atoms with Crippen molar-refractivity contribution in [1.82, 2.24) is 0 Å². The number of hydrogen-bond donors (Lipinski definition) is 6. The number of rotatable bonds is 15. The van der Waals surface area contributed by atoms with E-state index in [1.54, 1.807) is 41.5 Å². The average molecular weight is 859 g/mol. The fourth-order valence-electron chi connectivity index (χ4n) is 5.47. The molecule has 0 amide bonds. The second-order valence-electron chi connectivity index (χ2n) is 13.4. The Balaban J connectivity index is -0.000000792. The normalized spacial score (nSPS) is 11.6. The van der Waals surface area contributed by atoms with Gasteiger partial charge in [0.25, 0.3) is 0 Å². The van der Waals surface area contributed by atoms with Crippen molar-refractivity contribution in [2.45, 2.75) is 60.8 Å². The van der Waals surface area contributed by atoms with Crippen molar-refractivity contribution in [2.75, 3.05) is 0 Å². The first-order chi connectivity index (χ1) is 26.5. The van der Waals surface area contributed by atoms with Crippen molar-refractivity contribution in [3.05, 3.63) is 123 Å². The van der Waals surface area contributed by atoms with Crippen LogP contribution < -0.4 is 104 Å². The molecule has 0 aliphatic rings. The standard InChI is InChI=1S/3C14H16O5.3Na/c3*1-8(2)12(14(18)19)11(13(16)17)7-9-3-5-10(15)6-4-9;;;/h3*3-6,8,15H,7H2,1-2H3,(H,16,17)(H,18,19);;;/q;;;3*+1/p-3. The van der Waals surface area contributed by atoms with Gasteiger partial charge in [-0.15, -0.1) is 17.2 Å². The fourth-order valence-corrected chi connectivity index (χ4v) is 5.47. The summed E-state index contributed by atoms with van der Waals surface area (Å²) < 4.78 is 0. The van der Waals surface area contributed by atoms with Crippen LogP contribution in [0.5, 0.6) is 17.2 Å². The Morgan fingerprint density at radius 1 is 0.367 bits per heavy atom. The van der Waals surface area contributed by atoms with Gasteiger partial charge in [-0.1, -0.05) is 114 Å². The molecule has 0 atom stereocenters. The van der Waals surface area contributed by atoms with E-state index in [0.717, 1.165) is 0 Å². The van der Waals surface area contributed by atoms with Gasteiger partial charge in [-0.25, -0.2) is 28.8 Å². The largest absolute Gasteiger partial charge is 1.00 e. The second kappa shape index (κ2) is 29.4. The number of carboxylic acids is 6. The molecule has 0 fully saturated rings. The number of aliphatic carboxylic acids is 6. The maximum atomic E-state index is 11.2. The van der Waals surface area contributed by atoms with Crippen LogP contribution in [-0.4, -0.2) is 66.5 Å². The summed E-state index contributed by atoms with van der Waals surface area (Å²) in [6.45, 7) is 9.79. The SMILES string of the molecule is CC(C)C(C(=O)O)=C(Cc1ccc([O-])cc1)C(=O)O.CC(C)C(C(=O)O)=C(Cc1ccc([O-])cc1)C(=O)O.CC(C)C(C(=O)O)=C(Cc1ccc([O-])cc1)C(=O)O.[Na+].[Na+].[Na+]. The predicted molar refractivity (Wildman–Crippen MR) is 200 cm³/mol. The van der Waals surface area contributed by atoms with Crippen molar-refractivity contribution in [2.24, 2.45) is 17.8 Å². The predicted octanol–water partition coefficient (Wildman–Crippen LogP) is -4.71. The quantitative estimate of drug-likeness (QED) is 0.0619. The first kappa shape index (κ1) is 60.4. The molecule has 0 heterocycles. The molecule has 0 radical (unpaired) electrons. The number of benzene rings is 3. The van der Waals surface area contributed by atoms with Crippen molar-refractivity contribution >= 4 is 35.8 Å². The third kappa shape index (κ3) is 20.6. The maximum Gasteiger partial charge on any atom is 1.00 e. The summed E-state index contributed by atoms with van der Waals surface area (Å²) in [5, 5.41) is 87.8. The Morgan fingerprint density at radius 3 is 0.650 bits per heavy atom. The van der Waals surface area contributed by atoms with Gasteiger partial charge in [-0.05, 0) is 34.4 Å². The van der Waals surface area contributed by atoms with Gasteiger partial charge in [-0.2, -0.15) is 0 Å². The van der Waals surface area contributed by atoms with Crippen LogP contribution in [0.2, 0.25) is 0 Å². The van der Waals surface area contributed by atoms with E-state index in [4.69, 9.17) is 15.3 Å². The van der Waals surface area contributed by atoms with E-state index in [1.807, 2.05) is 0 Å². The molecule has 18 heteroatoms. The van der Waals surface area contributed by atoms with Crippen LogP contribution in [-0.2, 0) is 48.0 Å². The van der Waals surface area contributed by atoms with Gasteiger partial charge in [-0.3, -0.25) is 0 Å². The van der Waals surface area contributed by atoms with E-state index >= 15 is 0 Å². The van der Waals surface area contributed by atoms with Crippen LogP contribution in [0.15, 0.2) is 106 Å². The zero-order valence-corrected chi connectivity index (χ0v) is 41.1. The van der Waals surface area contributed by atoms with Crippen molar-refractivity contribution < 1.29 is 163 Å². The molecular weight excluding hydrogens is 813 g/mol. The fraction of sp³-hybridized carbons (Fsp3) is 0.286. The summed E-state index contributed by atoms with van der Waals surface area (Å²) >= 11 is 0. The Labute approximate surface area is 414 Å².